The first kappa shape index (κ1) is 13.0. The van der Waals surface area contributed by atoms with Crippen LogP contribution in [0.4, 0.5) is 9.18 Å². The number of hydrogen-bond acceptors (Lipinski definition) is 2. The lowest BCUT2D eigenvalue weighted by atomic mass is 10.0. The highest BCUT2D eigenvalue weighted by Crippen LogP contribution is 2.10. The zero-order valence-electron chi connectivity index (χ0n) is 8.89. The van der Waals surface area contributed by atoms with Crippen LogP contribution in [-0.4, -0.2) is 28.3 Å². The molecule has 0 aliphatic carbocycles. The predicted octanol–water partition coefficient (Wildman–Crippen LogP) is 1.48. The first-order chi connectivity index (χ1) is 8.00. The number of halogens is 1. The van der Waals surface area contributed by atoms with Gasteiger partial charge < -0.3 is 15.5 Å². The average Bonchev–Trinajstić information content (AvgIpc) is 2.25. The normalized spacial score (nSPS) is 11.8. The number of amides is 1. The van der Waals surface area contributed by atoms with E-state index >= 15 is 0 Å². The lowest BCUT2D eigenvalue weighted by Crippen LogP contribution is -2.40. The van der Waals surface area contributed by atoms with Crippen molar-refractivity contribution in [2.75, 3.05) is 0 Å². The van der Waals surface area contributed by atoms with Gasteiger partial charge >= 0.3 is 12.1 Å². The molecule has 1 atom stereocenters. The number of carboxylic acid groups (broad SMARTS) is 2. The maximum absolute atomic E-state index is 13.2. The average molecular weight is 241 g/mol. The van der Waals surface area contributed by atoms with Crippen molar-refractivity contribution >= 4 is 12.1 Å². The van der Waals surface area contributed by atoms with Crippen molar-refractivity contribution in [2.45, 2.75) is 18.9 Å². The summed E-state index contributed by atoms with van der Waals surface area (Å²) in [5.74, 6) is -1.70. The molecule has 1 unspecified atom stereocenters. The van der Waals surface area contributed by atoms with Gasteiger partial charge in [-0.25, -0.2) is 14.0 Å². The number of carboxylic acids is 1. The molecule has 17 heavy (non-hydrogen) atoms. The molecular formula is C11H12FNO4. The monoisotopic (exact) mass is 241 g/mol. The zero-order chi connectivity index (χ0) is 12.8. The van der Waals surface area contributed by atoms with Crippen molar-refractivity contribution in [3.05, 3.63) is 35.6 Å². The fourth-order valence-corrected chi connectivity index (χ4v) is 1.41. The first-order valence-corrected chi connectivity index (χ1v) is 4.96. The van der Waals surface area contributed by atoms with E-state index in [1.165, 1.54) is 18.2 Å². The van der Waals surface area contributed by atoms with Gasteiger partial charge in [0.1, 0.15) is 11.9 Å². The molecule has 0 aromatic heterocycles. The lowest BCUT2D eigenvalue weighted by molar-refractivity contribution is -0.139. The molecule has 1 aromatic rings. The number of aliphatic carboxylic acids is 1. The number of hydrogen-bond donors (Lipinski definition) is 3. The standard InChI is InChI=1S/C11H12FNO4/c12-8-4-2-1-3-7(8)5-6-9(10(14)15)13-11(16)17/h1-4,9,13H,5-6H2,(H,14,15)(H,16,17). The molecule has 0 saturated carbocycles. The van der Waals surface area contributed by atoms with E-state index in [2.05, 4.69) is 0 Å². The van der Waals surface area contributed by atoms with E-state index in [1.54, 1.807) is 6.07 Å². The van der Waals surface area contributed by atoms with Gasteiger partial charge in [-0.2, -0.15) is 0 Å². The summed E-state index contributed by atoms with van der Waals surface area (Å²) >= 11 is 0. The molecule has 0 spiro atoms. The molecule has 0 bridgehead atoms. The van der Waals surface area contributed by atoms with Gasteiger partial charge in [0.05, 0.1) is 0 Å². The Morgan fingerprint density at radius 3 is 2.47 bits per heavy atom. The Morgan fingerprint density at radius 1 is 1.29 bits per heavy atom. The highest BCUT2D eigenvalue weighted by atomic mass is 19.1. The Hall–Kier alpha value is -2.11. The van der Waals surface area contributed by atoms with Crippen molar-refractivity contribution in [3.63, 3.8) is 0 Å². The first-order valence-electron chi connectivity index (χ1n) is 4.96. The SMILES string of the molecule is O=C(O)NC(CCc1ccccc1F)C(=O)O. The van der Waals surface area contributed by atoms with Crippen LogP contribution in [0.5, 0.6) is 0 Å². The molecule has 3 N–H and O–H groups in total. The summed E-state index contributed by atoms with van der Waals surface area (Å²) in [5.41, 5.74) is 0.367. The Kier molecular flexibility index (Phi) is 4.45. The number of benzene rings is 1. The van der Waals surface area contributed by atoms with Gasteiger partial charge in [-0.15, -0.1) is 0 Å². The minimum absolute atomic E-state index is 0.00255. The fourth-order valence-electron chi connectivity index (χ4n) is 1.41. The quantitative estimate of drug-likeness (QED) is 0.728. The minimum Gasteiger partial charge on any atom is -0.480 e. The van der Waals surface area contributed by atoms with E-state index in [-0.39, 0.29) is 12.8 Å². The third-order valence-corrected chi connectivity index (χ3v) is 2.26. The van der Waals surface area contributed by atoms with Crippen molar-refractivity contribution in [1.29, 1.82) is 0 Å². The largest absolute Gasteiger partial charge is 0.480 e. The molecule has 0 aliphatic heterocycles. The Balaban J connectivity index is 2.61. The van der Waals surface area contributed by atoms with Gasteiger partial charge in [0, 0.05) is 0 Å². The summed E-state index contributed by atoms with van der Waals surface area (Å²) in [5, 5.41) is 19.0. The van der Waals surface area contributed by atoms with Crippen molar-refractivity contribution in [1.82, 2.24) is 5.32 Å². The van der Waals surface area contributed by atoms with Crippen LogP contribution >= 0.6 is 0 Å². The molecule has 1 amide bonds. The van der Waals surface area contributed by atoms with Crippen molar-refractivity contribution in [3.8, 4) is 0 Å². The van der Waals surface area contributed by atoms with Gasteiger partial charge in [0.2, 0.25) is 0 Å². The molecule has 92 valence electrons. The van der Waals surface area contributed by atoms with Crippen LogP contribution in [0, 0.1) is 5.82 Å². The Bertz CT molecular complexity index is 422. The summed E-state index contributed by atoms with van der Waals surface area (Å²) < 4.78 is 13.2. The summed E-state index contributed by atoms with van der Waals surface area (Å²) in [6.45, 7) is 0. The van der Waals surface area contributed by atoms with Gasteiger partial charge in [-0.05, 0) is 24.5 Å². The smallest absolute Gasteiger partial charge is 0.405 e. The van der Waals surface area contributed by atoms with Crippen LogP contribution in [0.15, 0.2) is 24.3 Å². The second-order valence-electron chi connectivity index (χ2n) is 3.47. The lowest BCUT2D eigenvalue weighted by Gasteiger charge is -2.12. The van der Waals surface area contributed by atoms with Gasteiger partial charge in [-0.1, -0.05) is 18.2 Å². The molecular weight excluding hydrogens is 229 g/mol. The van der Waals surface area contributed by atoms with E-state index in [1.807, 2.05) is 5.32 Å². The van der Waals surface area contributed by atoms with Crippen LogP contribution in [0.25, 0.3) is 0 Å². The highest BCUT2D eigenvalue weighted by molar-refractivity contribution is 5.79. The summed E-state index contributed by atoms with van der Waals surface area (Å²) in [6, 6.07) is 4.75. The maximum Gasteiger partial charge on any atom is 0.405 e. The van der Waals surface area contributed by atoms with E-state index in [0.29, 0.717) is 5.56 Å². The van der Waals surface area contributed by atoms with Crippen molar-refractivity contribution in [2.24, 2.45) is 0 Å². The summed E-state index contributed by atoms with van der Waals surface area (Å²) in [6.07, 6.45) is -1.25. The second kappa shape index (κ2) is 5.83. The van der Waals surface area contributed by atoms with Crippen LogP contribution < -0.4 is 5.32 Å². The molecule has 0 heterocycles. The number of carbonyl (C=O) groups is 2. The molecule has 0 fully saturated rings. The van der Waals surface area contributed by atoms with Gasteiger partial charge in [0.15, 0.2) is 0 Å². The van der Waals surface area contributed by atoms with Gasteiger partial charge in [0.25, 0.3) is 0 Å². The van der Waals surface area contributed by atoms with Crippen LogP contribution in [-0.2, 0) is 11.2 Å². The number of rotatable bonds is 5. The summed E-state index contributed by atoms with van der Waals surface area (Å²) in [7, 11) is 0. The Labute approximate surface area is 96.9 Å². The molecule has 1 aromatic carbocycles. The van der Waals surface area contributed by atoms with E-state index in [9.17, 15) is 14.0 Å². The molecule has 0 saturated heterocycles. The van der Waals surface area contributed by atoms with Gasteiger partial charge in [-0.3, -0.25) is 0 Å². The third-order valence-electron chi connectivity index (χ3n) is 2.26. The van der Waals surface area contributed by atoms with Crippen LogP contribution in [0.2, 0.25) is 0 Å². The van der Waals surface area contributed by atoms with E-state index in [0.717, 1.165) is 0 Å². The molecule has 5 nitrogen and oxygen atoms in total. The van der Waals surface area contributed by atoms with E-state index in [4.69, 9.17) is 10.2 Å². The third kappa shape index (κ3) is 4.10. The van der Waals surface area contributed by atoms with Crippen LogP contribution in [0.3, 0.4) is 0 Å². The fraction of sp³-hybridized carbons (Fsp3) is 0.273. The van der Waals surface area contributed by atoms with E-state index < -0.39 is 23.9 Å². The highest BCUT2D eigenvalue weighted by Gasteiger charge is 2.19. The zero-order valence-corrected chi connectivity index (χ0v) is 8.89. The molecule has 6 heteroatoms. The Morgan fingerprint density at radius 2 is 1.94 bits per heavy atom. The number of nitrogens with one attached hydrogen (secondary N) is 1. The predicted molar refractivity (Wildman–Crippen MR) is 57.3 cm³/mol. The molecule has 1 rings (SSSR count). The van der Waals surface area contributed by atoms with Crippen molar-refractivity contribution < 1.29 is 24.2 Å². The maximum atomic E-state index is 13.2. The molecule has 0 radical (unpaired) electrons. The van der Waals surface area contributed by atoms with Crippen LogP contribution in [0.1, 0.15) is 12.0 Å². The number of aryl methyl sites for hydroxylation is 1. The molecule has 0 aliphatic rings. The minimum atomic E-state index is -1.41. The summed E-state index contributed by atoms with van der Waals surface area (Å²) in [4.78, 5) is 21.1. The topological polar surface area (TPSA) is 86.6 Å². The second-order valence-corrected chi connectivity index (χ2v) is 3.47.